The van der Waals surface area contributed by atoms with Gasteiger partial charge in [-0.25, -0.2) is 8.78 Å². The molecule has 0 bridgehead atoms. The summed E-state index contributed by atoms with van der Waals surface area (Å²) in [5.74, 6) is -1.41. The molecule has 2 aromatic rings. The Morgan fingerprint density at radius 1 is 1.43 bits per heavy atom. The van der Waals surface area contributed by atoms with Crippen LogP contribution in [0.25, 0.3) is 0 Å². The second kappa shape index (κ2) is 6.45. The molecule has 2 rings (SSSR count). The minimum atomic E-state index is -0.998. The first kappa shape index (κ1) is 15.1. The van der Waals surface area contributed by atoms with Gasteiger partial charge in [0.1, 0.15) is 17.4 Å². The summed E-state index contributed by atoms with van der Waals surface area (Å²) >= 11 is 0. The minimum absolute atomic E-state index is 0.0375. The maximum atomic E-state index is 13.4. The molecule has 112 valence electrons. The second-order valence-corrected chi connectivity index (χ2v) is 4.63. The van der Waals surface area contributed by atoms with Crippen molar-refractivity contribution >= 4 is 5.91 Å². The second-order valence-electron chi connectivity index (χ2n) is 4.63. The number of nitrogens with zero attached hydrogens (tertiary/aromatic N) is 1. The van der Waals surface area contributed by atoms with Crippen molar-refractivity contribution in [1.82, 2.24) is 10.5 Å². The van der Waals surface area contributed by atoms with E-state index in [1.807, 2.05) is 0 Å². The third-order valence-corrected chi connectivity index (χ3v) is 2.83. The van der Waals surface area contributed by atoms with Crippen molar-refractivity contribution in [3.63, 3.8) is 0 Å². The average Bonchev–Trinajstić information content (AvgIpc) is 2.86. The fourth-order valence-corrected chi connectivity index (χ4v) is 1.79. The van der Waals surface area contributed by atoms with Crippen molar-refractivity contribution < 1.29 is 23.2 Å². The van der Waals surface area contributed by atoms with Gasteiger partial charge < -0.3 is 14.9 Å². The molecule has 1 aromatic heterocycles. The van der Waals surface area contributed by atoms with Crippen molar-refractivity contribution in [1.29, 1.82) is 0 Å². The molecule has 1 atom stereocenters. The summed E-state index contributed by atoms with van der Waals surface area (Å²) in [6, 6.07) is 4.58. The van der Waals surface area contributed by atoms with Crippen LogP contribution in [0.15, 0.2) is 28.8 Å². The number of aliphatic hydroxyl groups is 1. The maximum absolute atomic E-state index is 13.4. The number of benzene rings is 1. The number of aliphatic hydroxyl groups excluding tert-OH is 1. The van der Waals surface area contributed by atoms with E-state index < -0.39 is 23.6 Å². The number of carbonyl (C=O) groups is 1. The summed E-state index contributed by atoms with van der Waals surface area (Å²) in [6.45, 7) is 1.57. The lowest BCUT2D eigenvalue weighted by Gasteiger charge is -2.11. The van der Waals surface area contributed by atoms with E-state index in [0.29, 0.717) is 5.76 Å². The van der Waals surface area contributed by atoms with Gasteiger partial charge in [0.05, 0.1) is 6.10 Å². The standard InChI is InChI=1S/C14H14F2N2O3/c1-8-4-13(18-21-8)14(20)17-7-11(19)5-9-2-3-10(15)6-12(9)16/h2-4,6,11,19H,5,7H2,1H3,(H,17,20)/t11-/m0/s1. The lowest BCUT2D eigenvalue weighted by Crippen LogP contribution is -2.33. The Labute approximate surface area is 119 Å². The predicted octanol–water partition coefficient (Wildman–Crippen LogP) is 1.59. The maximum Gasteiger partial charge on any atom is 0.273 e. The highest BCUT2D eigenvalue weighted by atomic mass is 19.1. The molecule has 1 aromatic carbocycles. The first-order valence-electron chi connectivity index (χ1n) is 6.29. The molecule has 5 nitrogen and oxygen atoms in total. The van der Waals surface area contributed by atoms with Crippen molar-refractivity contribution in [2.45, 2.75) is 19.4 Å². The topological polar surface area (TPSA) is 75.4 Å². The SMILES string of the molecule is Cc1cc(C(=O)NC[C@@H](O)Cc2ccc(F)cc2F)no1. The summed E-state index contributed by atoms with van der Waals surface area (Å²) in [6.07, 6.45) is -1.04. The number of halogens is 2. The molecule has 0 spiro atoms. The van der Waals surface area contributed by atoms with Gasteiger partial charge in [0.25, 0.3) is 5.91 Å². The van der Waals surface area contributed by atoms with Crippen LogP contribution in [0.1, 0.15) is 21.8 Å². The predicted molar refractivity (Wildman–Crippen MR) is 69.6 cm³/mol. The normalized spacial score (nSPS) is 12.2. The fourth-order valence-electron chi connectivity index (χ4n) is 1.79. The summed E-state index contributed by atoms with van der Waals surface area (Å²) in [5, 5.41) is 15.8. The number of hydrogen-bond acceptors (Lipinski definition) is 4. The Kier molecular flexibility index (Phi) is 4.64. The first-order chi connectivity index (χ1) is 9.95. The Morgan fingerprint density at radius 2 is 2.19 bits per heavy atom. The van der Waals surface area contributed by atoms with Gasteiger partial charge in [-0.1, -0.05) is 11.2 Å². The Hall–Kier alpha value is -2.28. The van der Waals surface area contributed by atoms with E-state index in [1.54, 1.807) is 6.92 Å². The van der Waals surface area contributed by atoms with Gasteiger partial charge in [-0.05, 0) is 18.6 Å². The van der Waals surface area contributed by atoms with Gasteiger partial charge in [-0.3, -0.25) is 4.79 Å². The van der Waals surface area contributed by atoms with E-state index in [2.05, 4.69) is 10.5 Å². The van der Waals surface area contributed by atoms with Crippen LogP contribution in [-0.2, 0) is 6.42 Å². The number of aryl methyl sites for hydroxylation is 1. The van der Waals surface area contributed by atoms with Crippen LogP contribution in [0.4, 0.5) is 8.78 Å². The third kappa shape index (κ3) is 4.09. The van der Waals surface area contributed by atoms with Crippen LogP contribution >= 0.6 is 0 Å². The monoisotopic (exact) mass is 296 g/mol. The van der Waals surface area contributed by atoms with Gasteiger partial charge in [-0.2, -0.15) is 0 Å². The smallest absolute Gasteiger partial charge is 0.273 e. The molecule has 1 heterocycles. The number of nitrogens with one attached hydrogen (secondary N) is 1. The van der Waals surface area contributed by atoms with Crippen LogP contribution in [-0.4, -0.2) is 28.8 Å². The lowest BCUT2D eigenvalue weighted by molar-refractivity contribution is 0.0906. The van der Waals surface area contributed by atoms with E-state index >= 15 is 0 Å². The van der Waals surface area contributed by atoms with E-state index in [1.165, 1.54) is 12.1 Å². The van der Waals surface area contributed by atoms with Crippen LogP contribution in [0.3, 0.4) is 0 Å². The molecule has 0 aliphatic heterocycles. The Morgan fingerprint density at radius 3 is 2.81 bits per heavy atom. The summed E-state index contributed by atoms with van der Waals surface area (Å²) in [4.78, 5) is 11.7. The Balaban J connectivity index is 1.87. The zero-order valence-corrected chi connectivity index (χ0v) is 11.3. The highest BCUT2D eigenvalue weighted by Crippen LogP contribution is 2.11. The van der Waals surface area contributed by atoms with Crippen molar-refractivity contribution in [3.05, 3.63) is 52.9 Å². The van der Waals surface area contributed by atoms with E-state index in [-0.39, 0.29) is 24.2 Å². The third-order valence-electron chi connectivity index (χ3n) is 2.83. The van der Waals surface area contributed by atoms with Crippen LogP contribution in [0, 0.1) is 18.6 Å². The summed E-state index contributed by atoms with van der Waals surface area (Å²) in [7, 11) is 0. The van der Waals surface area contributed by atoms with Gasteiger partial charge >= 0.3 is 0 Å². The molecule has 0 aliphatic rings. The number of carbonyl (C=O) groups excluding carboxylic acids is 1. The van der Waals surface area contributed by atoms with Crippen LogP contribution in [0.2, 0.25) is 0 Å². The fraction of sp³-hybridized carbons (Fsp3) is 0.286. The average molecular weight is 296 g/mol. The summed E-state index contributed by atoms with van der Waals surface area (Å²) in [5.41, 5.74) is 0.281. The largest absolute Gasteiger partial charge is 0.391 e. The first-order valence-corrected chi connectivity index (χ1v) is 6.29. The molecule has 1 amide bonds. The lowest BCUT2D eigenvalue weighted by atomic mass is 10.1. The highest BCUT2D eigenvalue weighted by Gasteiger charge is 2.14. The molecule has 7 heteroatoms. The van der Waals surface area contributed by atoms with E-state index in [0.717, 1.165) is 12.1 Å². The number of hydrogen-bond donors (Lipinski definition) is 2. The van der Waals surface area contributed by atoms with Crippen molar-refractivity contribution in [3.8, 4) is 0 Å². The van der Waals surface area contributed by atoms with E-state index in [9.17, 15) is 18.7 Å². The Bertz CT molecular complexity index is 643. The molecule has 2 N–H and O–H groups in total. The number of aromatic nitrogens is 1. The summed E-state index contributed by atoms with van der Waals surface area (Å²) < 4.78 is 30.9. The van der Waals surface area contributed by atoms with Crippen molar-refractivity contribution in [2.24, 2.45) is 0 Å². The zero-order valence-electron chi connectivity index (χ0n) is 11.3. The molecular formula is C14H14F2N2O3. The van der Waals surface area contributed by atoms with E-state index in [4.69, 9.17) is 4.52 Å². The number of rotatable bonds is 5. The quantitative estimate of drug-likeness (QED) is 0.878. The minimum Gasteiger partial charge on any atom is -0.391 e. The molecule has 0 aliphatic carbocycles. The molecular weight excluding hydrogens is 282 g/mol. The van der Waals surface area contributed by atoms with Gasteiger partial charge in [0, 0.05) is 25.1 Å². The highest BCUT2D eigenvalue weighted by molar-refractivity contribution is 5.92. The van der Waals surface area contributed by atoms with Crippen LogP contribution < -0.4 is 5.32 Å². The van der Waals surface area contributed by atoms with Gasteiger partial charge in [0.15, 0.2) is 5.69 Å². The molecule has 0 saturated heterocycles. The number of amides is 1. The molecule has 0 saturated carbocycles. The molecule has 21 heavy (non-hydrogen) atoms. The van der Waals surface area contributed by atoms with Crippen molar-refractivity contribution in [2.75, 3.05) is 6.54 Å². The molecule has 0 fully saturated rings. The molecule has 0 unspecified atom stereocenters. The zero-order chi connectivity index (χ0) is 15.4. The van der Waals surface area contributed by atoms with Gasteiger partial charge in [0.2, 0.25) is 0 Å². The van der Waals surface area contributed by atoms with Crippen LogP contribution in [0.5, 0.6) is 0 Å². The van der Waals surface area contributed by atoms with Gasteiger partial charge in [-0.15, -0.1) is 0 Å². The molecule has 0 radical (unpaired) electrons.